The van der Waals surface area contributed by atoms with Gasteiger partial charge in [-0.3, -0.25) is 10.1 Å². The molecule has 18 heavy (non-hydrogen) atoms. The van der Waals surface area contributed by atoms with Crippen LogP contribution < -0.4 is 5.32 Å². The van der Waals surface area contributed by atoms with Crippen LogP contribution in [0.2, 0.25) is 0 Å². The van der Waals surface area contributed by atoms with Crippen LogP contribution in [0.1, 0.15) is 40.0 Å². The Morgan fingerprint density at radius 2 is 2.06 bits per heavy atom. The maximum absolute atomic E-state index is 11.6. The second kappa shape index (κ2) is 6.03. The lowest BCUT2D eigenvalue weighted by atomic mass is 9.91. The normalized spacial score (nSPS) is 28.6. The Bertz CT molecular complexity index is 329. The molecule has 1 rings (SSSR count). The number of carbonyl (C=O) groups excluding carboxylic acids is 1. The molecule has 1 aliphatic rings. The highest BCUT2D eigenvalue weighted by Gasteiger charge is 2.36. The zero-order chi connectivity index (χ0) is 13.9. The summed E-state index contributed by atoms with van der Waals surface area (Å²) in [4.78, 5) is 22.1. The first kappa shape index (κ1) is 15.5. The Morgan fingerprint density at radius 1 is 1.44 bits per heavy atom. The van der Waals surface area contributed by atoms with E-state index < -0.39 is 17.7 Å². The number of halogens is 1. The van der Waals surface area contributed by atoms with Gasteiger partial charge in [-0.2, -0.15) is 0 Å². The van der Waals surface area contributed by atoms with Gasteiger partial charge in [-0.15, -0.1) is 0 Å². The molecule has 1 fully saturated rings. The average Bonchev–Trinajstić information content (AvgIpc) is 2.17. The Kier molecular flexibility index (Phi) is 5.18. The maximum Gasteiger partial charge on any atom is 0.407 e. The number of alkyl carbamates (subject to hydrolysis) is 1. The zero-order valence-corrected chi connectivity index (χ0v) is 13.0. The topological polar surface area (TPSA) is 81.5 Å². The first-order valence-electron chi connectivity index (χ1n) is 5.96. The third-order valence-electron chi connectivity index (χ3n) is 2.75. The SMILES string of the molecule is CC(C)(C)OC(=O)NC1CCC([N+](=O)[O-])CC1I. The summed E-state index contributed by atoms with van der Waals surface area (Å²) in [5.74, 6) is 0. The fourth-order valence-electron chi connectivity index (χ4n) is 1.91. The highest BCUT2D eigenvalue weighted by atomic mass is 127. The van der Waals surface area contributed by atoms with E-state index in [2.05, 4.69) is 27.9 Å². The van der Waals surface area contributed by atoms with Gasteiger partial charge in [0.1, 0.15) is 5.60 Å². The maximum atomic E-state index is 11.6. The summed E-state index contributed by atoms with van der Waals surface area (Å²) < 4.78 is 5.24. The van der Waals surface area contributed by atoms with Crippen LogP contribution in [0, 0.1) is 10.1 Å². The van der Waals surface area contributed by atoms with Gasteiger partial charge < -0.3 is 10.1 Å². The molecular weight excluding hydrogens is 351 g/mol. The Balaban J connectivity index is 2.45. The summed E-state index contributed by atoms with van der Waals surface area (Å²) in [7, 11) is 0. The lowest BCUT2D eigenvalue weighted by Gasteiger charge is -2.30. The van der Waals surface area contributed by atoms with E-state index in [0.717, 1.165) is 0 Å². The molecule has 1 aliphatic carbocycles. The zero-order valence-electron chi connectivity index (χ0n) is 10.8. The number of alkyl halides is 1. The molecule has 1 N–H and O–H groups in total. The molecule has 0 bridgehead atoms. The lowest BCUT2D eigenvalue weighted by molar-refractivity contribution is -0.526. The van der Waals surface area contributed by atoms with Crippen molar-refractivity contribution in [1.29, 1.82) is 0 Å². The van der Waals surface area contributed by atoms with E-state index >= 15 is 0 Å². The summed E-state index contributed by atoms with van der Waals surface area (Å²) in [5, 5.41) is 13.5. The highest BCUT2D eigenvalue weighted by Crippen LogP contribution is 2.27. The minimum atomic E-state index is -0.525. The van der Waals surface area contributed by atoms with Crippen LogP contribution in [0.15, 0.2) is 0 Å². The van der Waals surface area contributed by atoms with Crippen molar-refractivity contribution in [3.05, 3.63) is 10.1 Å². The Morgan fingerprint density at radius 3 is 2.50 bits per heavy atom. The number of ether oxygens (including phenoxy) is 1. The third kappa shape index (κ3) is 4.95. The summed E-state index contributed by atoms with van der Waals surface area (Å²) in [6.07, 6.45) is 1.17. The minimum absolute atomic E-state index is 0.0448. The average molecular weight is 370 g/mol. The summed E-state index contributed by atoms with van der Waals surface area (Å²) in [5.41, 5.74) is -0.525. The van der Waals surface area contributed by atoms with E-state index in [9.17, 15) is 14.9 Å². The predicted molar refractivity (Wildman–Crippen MR) is 75.6 cm³/mol. The van der Waals surface area contributed by atoms with Crippen molar-refractivity contribution in [2.45, 2.75) is 61.6 Å². The molecule has 3 atom stereocenters. The van der Waals surface area contributed by atoms with Gasteiger partial charge in [0.2, 0.25) is 6.04 Å². The fourth-order valence-corrected chi connectivity index (χ4v) is 3.03. The van der Waals surface area contributed by atoms with Gasteiger partial charge >= 0.3 is 6.09 Å². The molecule has 7 heteroatoms. The van der Waals surface area contributed by atoms with E-state index in [0.29, 0.717) is 19.3 Å². The quantitative estimate of drug-likeness (QED) is 0.351. The Hall–Kier alpha value is -0.600. The minimum Gasteiger partial charge on any atom is -0.444 e. The van der Waals surface area contributed by atoms with Gasteiger partial charge in [-0.05, 0) is 27.2 Å². The highest BCUT2D eigenvalue weighted by molar-refractivity contribution is 14.1. The van der Waals surface area contributed by atoms with E-state index in [-0.39, 0.29) is 14.9 Å². The van der Waals surface area contributed by atoms with E-state index in [1.807, 2.05) is 0 Å². The van der Waals surface area contributed by atoms with Crippen molar-refractivity contribution >= 4 is 28.7 Å². The number of hydrogen-bond acceptors (Lipinski definition) is 4. The van der Waals surface area contributed by atoms with Crippen molar-refractivity contribution in [2.24, 2.45) is 0 Å². The first-order chi connectivity index (χ1) is 8.19. The van der Waals surface area contributed by atoms with Crippen molar-refractivity contribution in [2.75, 3.05) is 0 Å². The second-order valence-electron chi connectivity index (χ2n) is 5.52. The van der Waals surface area contributed by atoms with Crippen LogP contribution in [0.5, 0.6) is 0 Å². The number of carbonyl (C=O) groups is 1. The Labute approximate surface area is 120 Å². The monoisotopic (exact) mass is 370 g/mol. The molecule has 6 nitrogen and oxygen atoms in total. The van der Waals surface area contributed by atoms with Gasteiger partial charge in [0.15, 0.2) is 0 Å². The fraction of sp³-hybridized carbons (Fsp3) is 0.909. The van der Waals surface area contributed by atoms with Crippen molar-refractivity contribution < 1.29 is 14.5 Å². The van der Waals surface area contributed by atoms with Crippen LogP contribution in [-0.2, 0) is 4.74 Å². The smallest absolute Gasteiger partial charge is 0.407 e. The van der Waals surface area contributed by atoms with Gasteiger partial charge in [0, 0.05) is 27.7 Å². The van der Waals surface area contributed by atoms with Crippen molar-refractivity contribution in [3.8, 4) is 0 Å². The van der Waals surface area contributed by atoms with Crippen LogP contribution in [0.3, 0.4) is 0 Å². The van der Waals surface area contributed by atoms with Gasteiger partial charge in [-0.25, -0.2) is 4.79 Å². The summed E-state index contributed by atoms with van der Waals surface area (Å²) >= 11 is 2.16. The largest absolute Gasteiger partial charge is 0.444 e. The molecular formula is C11H19IN2O4. The van der Waals surface area contributed by atoms with Crippen LogP contribution in [-0.4, -0.2) is 32.6 Å². The molecule has 0 radical (unpaired) electrons. The van der Waals surface area contributed by atoms with Gasteiger partial charge in [-0.1, -0.05) is 22.6 Å². The molecule has 0 saturated heterocycles. The van der Waals surface area contributed by atoms with Crippen LogP contribution in [0.4, 0.5) is 4.79 Å². The molecule has 1 saturated carbocycles. The van der Waals surface area contributed by atoms with Gasteiger partial charge in [0.05, 0.1) is 0 Å². The van der Waals surface area contributed by atoms with Crippen LogP contribution >= 0.6 is 22.6 Å². The first-order valence-corrected chi connectivity index (χ1v) is 7.20. The van der Waals surface area contributed by atoms with E-state index in [4.69, 9.17) is 4.74 Å². The van der Waals surface area contributed by atoms with Crippen molar-refractivity contribution in [3.63, 3.8) is 0 Å². The molecule has 3 unspecified atom stereocenters. The number of nitrogens with zero attached hydrogens (tertiary/aromatic N) is 1. The van der Waals surface area contributed by atoms with Crippen LogP contribution in [0.25, 0.3) is 0 Å². The van der Waals surface area contributed by atoms with Gasteiger partial charge in [0.25, 0.3) is 0 Å². The number of nitrogens with one attached hydrogen (secondary N) is 1. The summed E-state index contributed by atoms with van der Waals surface area (Å²) in [6.45, 7) is 5.41. The molecule has 0 aromatic heterocycles. The number of nitro groups is 1. The molecule has 0 aromatic rings. The molecule has 104 valence electrons. The summed E-state index contributed by atoms with van der Waals surface area (Å²) in [6, 6.07) is -0.528. The molecule has 0 heterocycles. The number of amides is 1. The second-order valence-corrected chi connectivity index (χ2v) is 7.12. The van der Waals surface area contributed by atoms with Crippen molar-refractivity contribution in [1.82, 2.24) is 5.32 Å². The third-order valence-corrected chi connectivity index (χ3v) is 4.12. The van der Waals surface area contributed by atoms with E-state index in [1.165, 1.54) is 0 Å². The number of rotatable bonds is 2. The molecule has 0 aromatic carbocycles. The number of hydrogen-bond donors (Lipinski definition) is 1. The predicted octanol–water partition coefficient (Wildman–Crippen LogP) is 2.51. The molecule has 0 aliphatic heterocycles. The standard InChI is InChI=1S/C11H19IN2O4/c1-11(2,3)18-10(15)13-9-5-4-7(14(16)17)6-8(9)12/h7-9H,4-6H2,1-3H3,(H,13,15). The lowest BCUT2D eigenvalue weighted by Crippen LogP contribution is -2.48. The van der Waals surface area contributed by atoms with E-state index in [1.54, 1.807) is 20.8 Å². The molecule has 1 amide bonds. The molecule has 0 spiro atoms.